The Morgan fingerprint density at radius 1 is 1.14 bits per heavy atom. The summed E-state index contributed by atoms with van der Waals surface area (Å²) in [7, 11) is 1.98. The molecule has 0 aromatic carbocycles. The van der Waals surface area contributed by atoms with Crippen LogP contribution in [0.1, 0.15) is 59.2 Å². The van der Waals surface area contributed by atoms with Crippen LogP contribution in [0.4, 0.5) is 0 Å². The zero-order valence-corrected chi connectivity index (χ0v) is 14.3. The van der Waals surface area contributed by atoms with E-state index >= 15 is 0 Å². The van der Waals surface area contributed by atoms with Gasteiger partial charge in [0.2, 0.25) is 0 Å². The average molecular weight is 293 g/mol. The number of hydrogen-bond donors (Lipinski definition) is 1. The highest BCUT2D eigenvalue weighted by molar-refractivity contribution is 5.05. The Morgan fingerprint density at radius 2 is 1.81 bits per heavy atom. The van der Waals surface area contributed by atoms with Gasteiger partial charge in [-0.1, -0.05) is 27.7 Å². The molecule has 0 spiro atoms. The summed E-state index contributed by atoms with van der Waals surface area (Å²) in [5.41, 5.74) is 0.478. The molecule has 2 rings (SSSR count). The van der Waals surface area contributed by atoms with Gasteiger partial charge in [-0.15, -0.1) is 0 Å². The number of rotatable bonds is 6. The monoisotopic (exact) mass is 293 g/mol. The van der Waals surface area contributed by atoms with Crippen molar-refractivity contribution in [2.24, 2.45) is 7.05 Å². The van der Waals surface area contributed by atoms with E-state index in [1.807, 2.05) is 11.7 Å². The number of piperazine rings is 1. The summed E-state index contributed by atoms with van der Waals surface area (Å²) in [5, 5.41) is 8.09. The first-order chi connectivity index (χ1) is 10.0. The van der Waals surface area contributed by atoms with Gasteiger partial charge >= 0.3 is 0 Å². The SMILES string of the molecule is CCC1(CC)CN(Cc2ncnn2C)C(CC)(CC)CN1. The molecule has 0 unspecified atom stereocenters. The fourth-order valence-corrected chi connectivity index (χ4v) is 3.58. The largest absolute Gasteiger partial charge is 0.308 e. The van der Waals surface area contributed by atoms with Crippen molar-refractivity contribution >= 4 is 0 Å². The minimum atomic E-state index is 0.236. The molecule has 21 heavy (non-hydrogen) atoms. The summed E-state index contributed by atoms with van der Waals surface area (Å²) >= 11 is 0. The summed E-state index contributed by atoms with van der Waals surface area (Å²) in [6.45, 7) is 12.2. The molecule has 1 aliphatic rings. The van der Waals surface area contributed by atoms with Crippen molar-refractivity contribution in [2.45, 2.75) is 71.0 Å². The second-order valence-electron chi connectivity index (χ2n) is 6.43. The minimum Gasteiger partial charge on any atom is -0.308 e. The molecule has 1 aliphatic heterocycles. The standard InChI is InChI=1S/C16H31N5/c1-6-15(7-2)12-21(10-14-17-13-19-20(14)5)16(8-3,9-4)11-18-15/h13,18H,6-12H2,1-5H3. The van der Waals surface area contributed by atoms with E-state index in [-0.39, 0.29) is 11.1 Å². The van der Waals surface area contributed by atoms with Gasteiger partial charge in [0.25, 0.3) is 0 Å². The molecular formula is C16H31N5. The van der Waals surface area contributed by atoms with Crippen LogP contribution in [0.15, 0.2) is 6.33 Å². The third-order valence-electron chi connectivity index (χ3n) is 5.76. The molecule has 0 aliphatic carbocycles. The van der Waals surface area contributed by atoms with Crippen molar-refractivity contribution < 1.29 is 0 Å². The number of aryl methyl sites for hydroxylation is 1. The molecule has 1 N–H and O–H groups in total. The fraction of sp³-hybridized carbons (Fsp3) is 0.875. The fourth-order valence-electron chi connectivity index (χ4n) is 3.58. The average Bonchev–Trinajstić information content (AvgIpc) is 2.93. The van der Waals surface area contributed by atoms with E-state index in [4.69, 9.17) is 0 Å². The molecular weight excluding hydrogens is 262 g/mol. The van der Waals surface area contributed by atoms with Crippen LogP contribution in [0.3, 0.4) is 0 Å². The van der Waals surface area contributed by atoms with Gasteiger partial charge in [0.05, 0.1) is 6.54 Å². The van der Waals surface area contributed by atoms with Gasteiger partial charge in [-0.05, 0) is 25.7 Å². The number of nitrogens with zero attached hydrogens (tertiary/aromatic N) is 4. The van der Waals surface area contributed by atoms with Gasteiger partial charge in [0.1, 0.15) is 12.2 Å². The Balaban J connectivity index is 2.27. The number of nitrogens with one attached hydrogen (secondary N) is 1. The molecule has 0 bridgehead atoms. The van der Waals surface area contributed by atoms with Crippen LogP contribution >= 0.6 is 0 Å². The van der Waals surface area contributed by atoms with Gasteiger partial charge < -0.3 is 5.32 Å². The van der Waals surface area contributed by atoms with Crippen molar-refractivity contribution in [1.82, 2.24) is 25.0 Å². The lowest BCUT2D eigenvalue weighted by Crippen LogP contribution is -2.69. The van der Waals surface area contributed by atoms with E-state index in [9.17, 15) is 0 Å². The van der Waals surface area contributed by atoms with Crippen LogP contribution in [-0.2, 0) is 13.6 Å². The second-order valence-corrected chi connectivity index (χ2v) is 6.43. The Morgan fingerprint density at radius 3 is 2.29 bits per heavy atom. The maximum Gasteiger partial charge on any atom is 0.140 e. The highest BCUT2D eigenvalue weighted by Crippen LogP contribution is 2.33. The summed E-state index contributed by atoms with van der Waals surface area (Å²) in [5.74, 6) is 1.06. The molecule has 1 aromatic heterocycles. The third-order valence-corrected chi connectivity index (χ3v) is 5.76. The summed E-state index contributed by atoms with van der Waals surface area (Å²) in [6, 6.07) is 0. The molecule has 1 saturated heterocycles. The lowest BCUT2D eigenvalue weighted by Gasteiger charge is -2.54. The van der Waals surface area contributed by atoms with Crippen molar-refractivity contribution in [1.29, 1.82) is 0 Å². The zero-order valence-electron chi connectivity index (χ0n) is 14.3. The summed E-state index contributed by atoms with van der Waals surface area (Å²) in [4.78, 5) is 7.09. The molecule has 1 fully saturated rings. The molecule has 120 valence electrons. The van der Waals surface area contributed by atoms with Crippen molar-refractivity contribution in [3.05, 3.63) is 12.2 Å². The molecule has 1 aromatic rings. The highest BCUT2D eigenvalue weighted by Gasteiger charge is 2.44. The lowest BCUT2D eigenvalue weighted by atomic mass is 9.80. The Kier molecular flexibility index (Phi) is 5.04. The Bertz CT molecular complexity index is 445. The van der Waals surface area contributed by atoms with Gasteiger partial charge in [-0.25, -0.2) is 4.98 Å². The predicted octanol–water partition coefficient (Wildman–Crippen LogP) is 2.34. The quantitative estimate of drug-likeness (QED) is 0.874. The molecule has 0 radical (unpaired) electrons. The highest BCUT2D eigenvalue weighted by atomic mass is 15.4. The first-order valence-corrected chi connectivity index (χ1v) is 8.37. The molecule has 5 nitrogen and oxygen atoms in total. The van der Waals surface area contributed by atoms with Crippen LogP contribution in [-0.4, -0.2) is 43.8 Å². The molecule has 0 saturated carbocycles. The number of hydrogen-bond acceptors (Lipinski definition) is 4. The van der Waals surface area contributed by atoms with E-state index in [1.165, 1.54) is 12.8 Å². The lowest BCUT2D eigenvalue weighted by molar-refractivity contribution is -0.0133. The van der Waals surface area contributed by atoms with Gasteiger partial charge in [0, 0.05) is 31.2 Å². The van der Waals surface area contributed by atoms with Crippen molar-refractivity contribution in [3.63, 3.8) is 0 Å². The minimum absolute atomic E-state index is 0.236. The Hall–Kier alpha value is -0.940. The van der Waals surface area contributed by atoms with Crippen LogP contribution in [0.25, 0.3) is 0 Å². The topological polar surface area (TPSA) is 46.0 Å². The van der Waals surface area contributed by atoms with Crippen LogP contribution in [0.2, 0.25) is 0 Å². The predicted molar refractivity (Wildman–Crippen MR) is 86.0 cm³/mol. The van der Waals surface area contributed by atoms with E-state index < -0.39 is 0 Å². The Labute approximate surface area is 129 Å². The maximum atomic E-state index is 4.43. The summed E-state index contributed by atoms with van der Waals surface area (Å²) < 4.78 is 1.90. The van der Waals surface area contributed by atoms with Gasteiger partial charge in [-0.3, -0.25) is 9.58 Å². The van der Waals surface area contributed by atoms with E-state index in [0.29, 0.717) is 0 Å². The van der Waals surface area contributed by atoms with E-state index in [0.717, 1.165) is 38.3 Å². The van der Waals surface area contributed by atoms with E-state index in [2.05, 4.69) is 48.0 Å². The molecule has 0 amide bonds. The molecule has 2 heterocycles. The number of aromatic nitrogens is 3. The van der Waals surface area contributed by atoms with Crippen molar-refractivity contribution in [2.75, 3.05) is 13.1 Å². The third kappa shape index (κ3) is 2.99. The summed E-state index contributed by atoms with van der Waals surface area (Å²) in [6.07, 6.45) is 6.32. The first kappa shape index (κ1) is 16.4. The van der Waals surface area contributed by atoms with Crippen LogP contribution in [0.5, 0.6) is 0 Å². The smallest absolute Gasteiger partial charge is 0.140 e. The van der Waals surface area contributed by atoms with Gasteiger partial charge in [-0.2, -0.15) is 5.10 Å². The second kappa shape index (κ2) is 6.44. The van der Waals surface area contributed by atoms with Gasteiger partial charge in [0.15, 0.2) is 0 Å². The van der Waals surface area contributed by atoms with Crippen LogP contribution in [0, 0.1) is 0 Å². The molecule has 5 heteroatoms. The molecule has 0 atom stereocenters. The first-order valence-electron chi connectivity index (χ1n) is 8.37. The normalized spacial score (nSPS) is 21.6. The van der Waals surface area contributed by atoms with Crippen LogP contribution < -0.4 is 5.32 Å². The van der Waals surface area contributed by atoms with Crippen molar-refractivity contribution in [3.8, 4) is 0 Å². The van der Waals surface area contributed by atoms with E-state index in [1.54, 1.807) is 6.33 Å². The maximum absolute atomic E-state index is 4.43. The zero-order chi connectivity index (χ0) is 15.5.